The third-order valence-corrected chi connectivity index (χ3v) is 8.68. The van der Waals surface area contributed by atoms with Crippen LogP contribution in [-0.4, -0.2) is 41.8 Å². The molecule has 4 atom stereocenters. The number of hydrogen-bond donors (Lipinski definition) is 1. The standard InChI is InChI=1S/C34H35N3O3/c1-40-34(39)36-32(26-12-6-3-7-13-26)33(38)37-30-15-9-8-14-27(30)21-31(37)29-20-28(22-35-29)25-18-16-24(17-19-25)23-10-4-2-5-11-23/h2-7,10-13,16-19,22,27,30-32H,8-9,14-15,20-21H2,1H3,(H,36,39)/t27?,30?,31-,32-/m0/s1. The van der Waals surface area contributed by atoms with Crippen LogP contribution >= 0.6 is 0 Å². The van der Waals surface area contributed by atoms with Gasteiger partial charge in [-0.25, -0.2) is 4.79 Å². The lowest BCUT2D eigenvalue weighted by Gasteiger charge is -2.36. The number of nitrogens with zero attached hydrogens (tertiary/aromatic N) is 2. The maximum Gasteiger partial charge on any atom is 0.407 e. The number of amides is 2. The van der Waals surface area contributed by atoms with Gasteiger partial charge in [-0.2, -0.15) is 0 Å². The summed E-state index contributed by atoms with van der Waals surface area (Å²) in [5, 5.41) is 2.81. The number of aliphatic imine (C=N–C) groups is 1. The van der Waals surface area contributed by atoms with Crippen molar-refractivity contribution in [3.8, 4) is 11.1 Å². The predicted molar refractivity (Wildman–Crippen MR) is 158 cm³/mol. The third-order valence-electron chi connectivity index (χ3n) is 8.68. The number of allylic oxidation sites excluding steroid dienone is 1. The van der Waals surface area contributed by atoms with Gasteiger partial charge in [0.2, 0.25) is 0 Å². The van der Waals surface area contributed by atoms with Crippen LogP contribution in [0.25, 0.3) is 16.7 Å². The first-order valence-electron chi connectivity index (χ1n) is 14.3. The molecule has 0 radical (unpaired) electrons. The summed E-state index contributed by atoms with van der Waals surface area (Å²) < 4.78 is 4.90. The molecule has 2 fully saturated rings. The van der Waals surface area contributed by atoms with Crippen LogP contribution in [0.3, 0.4) is 0 Å². The van der Waals surface area contributed by atoms with Gasteiger partial charge in [0.05, 0.1) is 13.2 Å². The summed E-state index contributed by atoms with van der Waals surface area (Å²) in [6, 6.07) is 27.7. The molecule has 1 aliphatic carbocycles. The van der Waals surface area contributed by atoms with E-state index in [-0.39, 0.29) is 18.0 Å². The van der Waals surface area contributed by atoms with Crippen LogP contribution in [0.5, 0.6) is 0 Å². The molecule has 1 saturated carbocycles. The molecular weight excluding hydrogens is 498 g/mol. The van der Waals surface area contributed by atoms with Crippen LogP contribution in [0.2, 0.25) is 0 Å². The molecule has 2 unspecified atom stereocenters. The second-order valence-corrected chi connectivity index (χ2v) is 11.0. The number of fused-ring (bicyclic) bond motifs is 1. The number of nitrogens with one attached hydrogen (secondary N) is 1. The fourth-order valence-corrected chi connectivity index (χ4v) is 6.67. The zero-order chi connectivity index (χ0) is 27.5. The number of carbonyl (C=O) groups is 2. The van der Waals surface area contributed by atoms with Crippen molar-refractivity contribution in [1.29, 1.82) is 0 Å². The van der Waals surface area contributed by atoms with Gasteiger partial charge < -0.3 is 15.0 Å². The maximum absolute atomic E-state index is 14.3. The molecule has 0 aromatic heterocycles. The van der Waals surface area contributed by atoms with Gasteiger partial charge in [-0.05, 0) is 53.0 Å². The summed E-state index contributed by atoms with van der Waals surface area (Å²) in [6.45, 7) is 0. The Kier molecular flexibility index (Phi) is 7.49. The first kappa shape index (κ1) is 26.1. The van der Waals surface area contributed by atoms with Crippen LogP contribution < -0.4 is 5.32 Å². The van der Waals surface area contributed by atoms with Crippen molar-refractivity contribution in [3.05, 3.63) is 102 Å². The van der Waals surface area contributed by atoms with Gasteiger partial charge in [0, 0.05) is 24.4 Å². The zero-order valence-electron chi connectivity index (χ0n) is 22.8. The van der Waals surface area contributed by atoms with Crippen LogP contribution in [0, 0.1) is 5.92 Å². The van der Waals surface area contributed by atoms with E-state index in [4.69, 9.17) is 9.73 Å². The molecule has 1 N–H and O–H groups in total. The SMILES string of the molecule is COC(=O)N[C@H](C(=O)N1C2CCCCC2C[C@H]1C1=NC=C(c2ccc(-c3ccccc3)cc2)C1)c1ccccc1. The molecule has 204 valence electrons. The molecule has 2 amide bonds. The monoisotopic (exact) mass is 533 g/mol. The molecule has 2 aliphatic heterocycles. The average molecular weight is 534 g/mol. The normalized spacial score (nSPS) is 22.6. The van der Waals surface area contributed by atoms with Crippen LogP contribution in [0.4, 0.5) is 4.79 Å². The van der Waals surface area contributed by atoms with E-state index < -0.39 is 12.1 Å². The largest absolute Gasteiger partial charge is 0.453 e. The molecule has 3 aromatic rings. The number of likely N-dealkylation sites (tertiary alicyclic amines) is 1. The summed E-state index contributed by atoms with van der Waals surface area (Å²) in [6.07, 6.45) is 7.42. The molecular formula is C34H35N3O3. The fraction of sp³-hybridized carbons (Fsp3) is 0.324. The number of carbonyl (C=O) groups excluding carboxylic acids is 2. The van der Waals surface area contributed by atoms with E-state index >= 15 is 0 Å². The van der Waals surface area contributed by atoms with Gasteiger partial charge in [-0.15, -0.1) is 0 Å². The Morgan fingerprint density at radius 3 is 2.25 bits per heavy atom. The maximum atomic E-state index is 14.3. The molecule has 3 aliphatic rings. The van der Waals surface area contributed by atoms with Crippen molar-refractivity contribution in [2.75, 3.05) is 7.11 Å². The van der Waals surface area contributed by atoms with E-state index in [0.717, 1.165) is 48.9 Å². The molecule has 1 saturated heterocycles. The first-order chi connectivity index (χ1) is 19.6. The molecule has 0 bridgehead atoms. The second-order valence-electron chi connectivity index (χ2n) is 11.0. The lowest BCUT2D eigenvalue weighted by atomic mass is 9.84. The van der Waals surface area contributed by atoms with Gasteiger partial charge >= 0.3 is 6.09 Å². The summed E-state index contributed by atoms with van der Waals surface area (Å²) in [5.74, 6) is 0.369. The quantitative estimate of drug-likeness (QED) is 0.379. The highest BCUT2D eigenvalue weighted by atomic mass is 16.5. The molecule has 6 heteroatoms. The molecule has 6 nitrogen and oxygen atoms in total. The Morgan fingerprint density at radius 2 is 1.52 bits per heavy atom. The smallest absolute Gasteiger partial charge is 0.407 e. The zero-order valence-corrected chi connectivity index (χ0v) is 22.8. The van der Waals surface area contributed by atoms with E-state index in [2.05, 4.69) is 58.7 Å². The number of hydrogen-bond acceptors (Lipinski definition) is 4. The first-order valence-corrected chi connectivity index (χ1v) is 14.3. The number of benzene rings is 3. The molecule has 0 spiro atoms. The van der Waals surface area contributed by atoms with Crippen molar-refractivity contribution in [2.24, 2.45) is 10.9 Å². The Hall–Kier alpha value is -4.19. The van der Waals surface area contributed by atoms with Crippen LogP contribution in [0.15, 0.2) is 96.1 Å². The highest BCUT2D eigenvalue weighted by Crippen LogP contribution is 2.43. The van der Waals surface area contributed by atoms with Crippen molar-refractivity contribution in [1.82, 2.24) is 10.2 Å². The van der Waals surface area contributed by atoms with Gasteiger partial charge in [0.15, 0.2) is 0 Å². The highest BCUT2D eigenvalue weighted by molar-refractivity contribution is 6.04. The van der Waals surface area contributed by atoms with E-state index in [9.17, 15) is 9.59 Å². The lowest BCUT2D eigenvalue weighted by Crippen LogP contribution is -2.51. The van der Waals surface area contributed by atoms with E-state index in [1.54, 1.807) is 0 Å². The Morgan fingerprint density at radius 1 is 0.875 bits per heavy atom. The van der Waals surface area contributed by atoms with E-state index in [1.807, 2.05) is 42.6 Å². The molecule has 3 aromatic carbocycles. The minimum absolute atomic E-state index is 0.0800. The number of alkyl carbamates (subject to hydrolysis) is 1. The third kappa shape index (κ3) is 5.18. The van der Waals surface area contributed by atoms with Gasteiger partial charge in [-0.3, -0.25) is 9.79 Å². The highest BCUT2D eigenvalue weighted by Gasteiger charge is 2.48. The summed E-state index contributed by atoms with van der Waals surface area (Å²) in [5.41, 5.74) is 6.50. The van der Waals surface area contributed by atoms with E-state index in [1.165, 1.54) is 30.2 Å². The topological polar surface area (TPSA) is 71.0 Å². The minimum atomic E-state index is -0.809. The van der Waals surface area contributed by atoms with Crippen LogP contribution in [0.1, 0.15) is 55.7 Å². The predicted octanol–water partition coefficient (Wildman–Crippen LogP) is 6.80. The Labute approximate surface area is 235 Å². The van der Waals surface area contributed by atoms with E-state index in [0.29, 0.717) is 5.92 Å². The van der Waals surface area contributed by atoms with Gasteiger partial charge in [0.1, 0.15) is 6.04 Å². The van der Waals surface area contributed by atoms with Crippen molar-refractivity contribution in [2.45, 2.75) is 56.7 Å². The number of methoxy groups -OCH3 is 1. The summed E-state index contributed by atoms with van der Waals surface area (Å²) in [4.78, 5) is 33.6. The number of ether oxygens (including phenoxy) is 1. The van der Waals surface area contributed by atoms with Crippen molar-refractivity contribution < 1.29 is 14.3 Å². The number of rotatable bonds is 6. The van der Waals surface area contributed by atoms with Crippen molar-refractivity contribution >= 4 is 23.3 Å². The van der Waals surface area contributed by atoms with Crippen LogP contribution in [-0.2, 0) is 9.53 Å². The minimum Gasteiger partial charge on any atom is -0.453 e. The Balaban J connectivity index is 1.24. The summed E-state index contributed by atoms with van der Waals surface area (Å²) in [7, 11) is 1.32. The molecule has 2 heterocycles. The molecule has 6 rings (SSSR count). The van der Waals surface area contributed by atoms with Crippen molar-refractivity contribution in [3.63, 3.8) is 0 Å². The fourth-order valence-electron chi connectivity index (χ4n) is 6.67. The lowest BCUT2D eigenvalue weighted by molar-refractivity contribution is -0.136. The molecule has 40 heavy (non-hydrogen) atoms. The van der Waals surface area contributed by atoms with Gasteiger partial charge in [0.25, 0.3) is 5.91 Å². The summed E-state index contributed by atoms with van der Waals surface area (Å²) >= 11 is 0. The Bertz CT molecular complexity index is 1420. The average Bonchev–Trinajstić information content (AvgIpc) is 3.66. The second kappa shape index (κ2) is 11.5. The van der Waals surface area contributed by atoms with Gasteiger partial charge in [-0.1, -0.05) is 97.8 Å².